The third-order valence-corrected chi connectivity index (χ3v) is 6.89. The Balaban J connectivity index is 1.46. The summed E-state index contributed by atoms with van der Waals surface area (Å²) in [7, 11) is 8.00. The first kappa shape index (κ1) is 28.9. The Kier molecular flexibility index (Phi) is 9.29. The molecule has 2 heterocycles. The number of unbranched alkanes of at least 4 members (excludes halogenated alkanes) is 1. The molecule has 1 aromatic heterocycles. The van der Waals surface area contributed by atoms with Gasteiger partial charge in [-0.05, 0) is 78.2 Å². The van der Waals surface area contributed by atoms with Gasteiger partial charge in [0.15, 0.2) is 11.7 Å². The first-order valence-corrected chi connectivity index (χ1v) is 13.6. The average molecular weight is 544 g/mol. The van der Waals surface area contributed by atoms with Crippen LogP contribution in [0.3, 0.4) is 0 Å². The van der Waals surface area contributed by atoms with Gasteiger partial charge in [-0.15, -0.1) is 0 Å². The first-order chi connectivity index (χ1) is 19.2. The van der Waals surface area contributed by atoms with E-state index in [2.05, 4.69) is 25.1 Å². The second kappa shape index (κ2) is 12.8. The number of aromatic amines is 1. The van der Waals surface area contributed by atoms with Gasteiger partial charge in [-0.1, -0.05) is 36.4 Å². The van der Waals surface area contributed by atoms with Crippen molar-refractivity contribution in [1.82, 2.24) is 20.1 Å². The van der Waals surface area contributed by atoms with E-state index in [9.17, 15) is 19.5 Å². The highest BCUT2D eigenvalue weighted by atomic mass is 16.3. The third-order valence-electron chi connectivity index (χ3n) is 6.89. The quantitative estimate of drug-likeness (QED) is 0.222. The lowest BCUT2D eigenvalue weighted by Gasteiger charge is -2.10. The average Bonchev–Trinajstić information content (AvgIpc) is 3.46. The zero-order valence-electron chi connectivity index (χ0n) is 23.6. The maximum atomic E-state index is 13.0. The number of aromatic nitrogens is 1. The smallest absolute Gasteiger partial charge is 0.280 e. The molecule has 2 amide bonds. The van der Waals surface area contributed by atoms with Crippen molar-refractivity contribution in [3.8, 4) is 17.1 Å². The van der Waals surface area contributed by atoms with Gasteiger partial charge in [0, 0.05) is 29.7 Å². The van der Waals surface area contributed by atoms with Crippen molar-refractivity contribution in [3.05, 3.63) is 76.3 Å². The number of Topliss-reactive ketones (excluding diaryl/α,β-unsaturated/α-hetero) is 1. The van der Waals surface area contributed by atoms with E-state index in [1.165, 1.54) is 0 Å². The standard InChI is InChI=1S/C31H37N5O4/c1-35(2)18-6-5-8-24(37)20-9-11-21(12-10-20)27-25-26(31(40)33-27)28(34-30(25)39)22-13-15-23(16-14-22)29(38)32-17-7-19-36(3)4/h9-16,33,40H,5-8,17-19H2,1-4H3,(H,32,38). The van der Waals surface area contributed by atoms with Crippen LogP contribution in [0.5, 0.6) is 5.88 Å². The number of aliphatic imine (C=N–C) groups is 1. The van der Waals surface area contributed by atoms with Crippen LogP contribution in [0.1, 0.15) is 67.9 Å². The molecule has 0 spiro atoms. The van der Waals surface area contributed by atoms with Gasteiger partial charge in [0.1, 0.15) is 0 Å². The van der Waals surface area contributed by atoms with Crippen molar-refractivity contribution < 1.29 is 19.5 Å². The number of nitrogens with one attached hydrogen (secondary N) is 2. The SMILES string of the molecule is CN(C)CCCCC(=O)c1ccc(-c2[nH]c(O)c3c2C(=O)N=C3c2ccc(C(=O)NCCCN(C)C)cc2)cc1. The molecule has 0 unspecified atom stereocenters. The van der Waals surface area contributed by atoms with E-state index in [4.69, 9.17) is 0 Å². The zero-order chi connectivity index (χ0) is 28.8. The summed E-state index contributed by atoms with van der Waals surface area (Å²) >= 11 is 0. The lowest BCUT2D eigenvalue weighted by molar-refractivity contribution is 0.0949. The summed E-state index contributed by atoms with van der Waals surface area (Å²) < 4.78 is 0. The summed E-state index contributed by atoms with van der Waals surface area (Å²) in [4.78, 5) is 49.3. The molecule has 3 aromatic rings. The van der Waals surface area contributed by atoms with Crippen LogP contribution >= 0.6 is 0 Å². The predicted molar refractivity (Wildman–Crippen MR) is 157 cm³/mol. The van der Waals surface area contributed by atoms with E-state index in [1.807, 2.05) is 28.2 Å². The van der Waals surface area contributed by atoms with Gasteiger partial charge < -0.3 is 25.2 Å². The number of H-pyrrole nitrogens is 1. The zero-order valence-corrected chi connectivity index (χ0v) is 23.6. The third kappa shape index (κ3) is 6.73. The van der Waals surface area contributed by atoms with Crippen molar-refractivity contribution >= 4 is 23.3 Å². The van der Waals surface area contributed by atoms with Gasteiger partial charge in [-0.25, -0.2) is 4.99 Å². The van der Waals surface area contributed by atoms with E-state index in [1.54, 1.807) is 48.5 Å². The molecule has 3 N–H and O–H groups in total. The molecule has 2 aromatic carbocycles. The first-order valence-electron chi connectivity index (χ1n) is 13.6. The minimum absolute atomic E-state index is 0.0808. The molecular formula is C31H37N5O4. The molecule has 1 aliphatic heterocycles. The van der Waals surface area contributed by atoms with Crippen molar-refractivity contribution in [1.29, 1.82) is 0 Å². The summed E-state index contributed by atoms with van der Waals surface area (Å²) in [6.45, 7) is 2.41. The number of rotatable bonds is 13. The molecule has 9 nitrogen and oxygen atoms in total. The van der Waals surface area contributed by atoms with Gasteiger partial charge in [0.05, 0.1) is 22.5 Å². The van der Waals surface area contributed by atoms with Crippen molar-refractivity contribution in [3.63, 3.8) is 0 Å². The Morgan fingerprint density at radius 3 is 2.08 bits per heavy atom. The lowest BCUT2D eigenvalue weighted by atomic mass is 9.98. The predicted octanol–water partition coefficient (Wildman–Crippen LogP) is 3.97. The van der Waals surface area contributed by atoms with Crippen molar-refractivity contribution in [2.45, 2.75) is 25.7 Å². The minimum atomic E-state index is -0.458. The topological polar surface area (TPSA) is 118 Å². The molecule has 0 atom stereocenters. The number of carbonyl (C=O) groups is 3. The molecule has 1 aliphatic rings. The number of nitrogens with zero attached hydrogens (tertiary/aromatic N) is 3. The molecule has 40 heavy (non-hydrogen) atoms. The van der Waals surface area contributed by atoms with E-state index in [0.29, 0.717) is 52.2 Å². The second-order valence-electron chi connectivity index (χ2n) is 10.6. The Morgan fingerprint density at radius 2 is 1.43 bits per heavy atom. The molecular weight excluding hydrogens is 506 g/mol. The molecule has 210 valence electrons. The van der Waals surface area contributed by atoms with E-state index in [0.717, 1.165) is 32.4 Å². The molecule has 0 saturated carbocycles. The van der Waals surface area contributed by atoms with Gasteiger partial charge in [-0.2, -0.15) is 0 Å². The Hall–Kier alpha value is -4.08. The molecule has 0 radical (unpaired) electrons. The van der Waals surface area contributed by atoms with Gasteiger partial charge in [-0.3, -0.25) is 14.4 Å². The minimum Gasteiger partial charge on any atom is -0.494 e. The number of ketones is 1. The maximum absolute atomic E-state index is 13.0. The van der Waals surface area contributed by atoms with E-state index in [-0.39, 0.29) is 23.1 Å². The summed E-state index contributed by atoms with van der Waals surface area (Å²) in [6.07, 6.45) is 3.12. The Bertz CT molecular complexity index is 1400. The number of hydrogen-bond donors (Lipinski definition) is 3. The molecule has 0 aliphatic carbocycles. The van der Waals surface area contributed by atoms with Crippen molar-refractivity contribution in [2.24, 2.45) is 4.99 Å². The summed E-state index contributed by atoms with van der Waals surface area (Å²) in [6, 6.07) is 13.9. The fraction of sp³-hybridized carbons (Fsp3) is 0.355. The number of fused-ring (bicyclic) bond motifs is 1. The Morgan fingerprint density at radius 1 is 0.825 bits per heavy atom. The second-order valence-corrected chi connectivity index (χ2v) is 10.6. The molecule has 4 rings (SSSR count). The summed E-state index contributed by atoms with van der Waals surface area (Å²) in [5.74, 6) is -0.700. The number of benzene rings is 2. The number of carbonyl (C=O) groups excluding carboxylic acids is 3. The van der Waals surface area contributed by atoms with E-state index >= 15 is 0 Å². The molecule has 0 bridgehead atoms. The number of amides is 2. The van der Waals surface area contributed by atoms with Crippen LogP contribution in [0.4, 0.5) is 0 Å². The van der Waals surface area contributed by atoms with Crippen molar-refractivity contribution in [2.75, 3.05) is 47.8 Å². The Labute approximate surface area is 234 Å². The fourth-order valence-corrected chi connectivity index (χ4v) is 4.73. The van der Waals surface area contributed by atoms with Crippen LogP contribution in [0.25, 0.3) is 11.3 Å². The van der Waals surface area contributed by atoms with Gasteiger partial charge in [0.2, 0.25) is 0 Å². The normalized spacial score (nSPS) is 12.7. The molecule has 0 fully saturated rings. The maximum Gasteiger partial charge on any atom is 0.280 e. The van der Waals surface area contributed by atoms with Crippen LogP contribution < -0.4 is 5.32 Å². The highest BCUT2D eigenvalue weighted by Crippen LogP contribution is 2.38. The van der Waals surface area contributed by atoms with E-state index < -0.39 is 5.91 Å². The van der Waals surface area contributed by atoms with Crippen LogP contribution in [0, 0.1) is 0 Å². The van der Waals surface area contributed by atoms with Gasteiger partial charge in [0.25, 0.3) is 11.8 Å². The number of hydrogen-bond acceptors (Lipinski definition) is 6. The number of aromatic hydroxyl groups is 1. The fourth-order valence-electron chi connectivity index (χ4n) is 4.73. The largest absolute Gasteiger partial charge is 0.494 e. The highest BCUT2D eigenvalue weighted by Gasteiger charge is 2.33. The van der Waals surface area contributed by atoms with Gasteiger partial charge >= 0.3 is 0 Å². The summed E-state index contributed by atoms with van der Waals surface area (Å²) in [5, 5.41) is 13.7. The lowest BCUT2D eigenvalue weighted by Crippen LogP contribution is -2.27. The van der Waals surface area contributed by atoms with Crippen LogP contribution in [0.2, 0.25) is 0 Å². The summed E-state index contributed by atoms with van der Waals surface area (Å²) in [5.41, 5.74) is 3.84. The molecule has 0 saturated heterocycles. The molecule has 9 heteroatoms. The van der Waals surface area contributed by atoms with Crippen LogP contribution in [0.15, 0.2) is 53.5 Å². The van der Waals surface area contributed by atoms with Crippen LogP contribution in [-0.2, 0) is 0 Å². The highest BCUT2D eigenvalue weighted by molar-refractivity contribution is 6.30. The van der Waals surface area contributed by atoms with Crippen LogP contribution in [-0.4, -0.2) is 91.0 Å². The monoisotopic (exact) mass is 543 g/mol.